The number of hydrogen-bond acceptors (Lipinski definition) is 4. The highest BCUT2D eigenvalue weighted by Gasteiger charge is 2.09. The van der Waals surface area contributed by atoms with Crippen molar-refractivity contribution in [2.75, 3.05) is 14.2 Å². The minimum Gasteiger partial charge on any atom is -0.496 e. The van der Waals surface area contributed by atoms with E-state index in [2.05, 4.69) is 34.6 Å². The number of aromatic nitrogens is 2. The number of ether oxygens (including phenoxy) is 2. The van der Waals surface area contributed by atoms with Gasteiger partial charge in [0, 0.05) is 37.0 Å². The molecule has 1 unspecified atom stereocenters. The zero-order chi connectivity index (χ0) is 14.4. The van der Waals surface area contributed by atoms with E-state index in [9.17, 15) is 0 Å². The summed E-state index contributed by atoms with van der Waals surface area (Å²) in [6, 6.07) is 6.42. The van der Waals surface area contributed by atoms with Gasteiger partial charge in [-0.25, -0.2) is 0 Å². The molecular formula is C15H21N3O2. The molecule has 1 heterocycles. The number of benzene rings is 1. The molecule has 5 nitrogen and oxygen atoms in total. The Bertz CT molecular complexity index is 526. The summed E-state index contributed by atoms with van der Waals surface area (Å²) in [5, 5.41) is 10.2. The van der Waals surface area contributed by atoms with Gasteiger partial charge < -0.3 is 14.8 Å². The summed E-state index contributed by atoms with van der Waals surface area (Å²) >= 11 is 0. The summed E-state index contributed by atoms with van der Waals surface area (Å²) in [6.45, 7) is 3.47. The van der Waals surface area contributed by atoms with Crippen molar-refractivity contribution in [3.05, 3.63) is 47.3 Å². The Hall–Kier alpha value is -1.85. The fourth-order valence-electron chi connectivity index (χ4n) is 2.10. The predicted molar refractivity (Wildman–Crippen MR) is 77.5 cm³/mol. The minimum atomic E-state index is 0.242. The lowest BCUT2D eigenvalue weighted by atomic mass is 10.0. The van der Waals surface area contributed by atoms with Crippen LogP contribution in [0.3, 0.4) is 0 Å². The van der Waals surface area contributed by atoms with Gasteiger partial charge in [-0.2, -0.15) is 5.10 Å². The van der Waals surface area contributed by atoms with E-state index in [1.165, 1.54) is 5.56 Å². The van der Waals surface area contributed by atoms with Crippen LogP contribution < -0.4 is 10.1 Å². The van der Waals surface area contributed by atoms with Crippen molar-refractivity contribution in [1.29, 1.82) is 0 Å². The highest BCUT2D eigenvalue weighted by Crippen LogP contribution is 2.24. The summed E-state index contributed by atoms with van der Waals surface area (Å²) in [5.74, 6) is 0.859. The maximum absolute atomic E-state index is 5.34. The molecule has 5 heteroatoms. The van der Waals surface area contributed by atoms with Gasteiger partial charge in [-0.1, -0.05) is 6.07 Å². The van der Waals surface area contributed by atoms with E-state index in [0.717, 1.165) is 23.4 Å². The second-order valence-electron chi connectivity index (χ2n) is 4.71. The normalized spacial score (nSPS) is 12.3. The Morgan fingerprint density at radius 1 is 1.35 bits per heavy atom. The summed E-state index contributed by atoms with van der Waals surface area (Å²) in [5.41, 5.74) is 3.41. The van der Waals surface area contributed by atoms with Gasteiger partial charge in [0.2, 0.25) is 0 Å². The van der Waals surface area contributed by atoms with E-state index in [1.807, 2.05) is 18.5 Å². The average Bonchev–Trinajstić information content (AvgIpc) is 2.98. The Morgan fingerprint density at radius 2 is 2.20 bits per heavy atom. The van der Waals surface area contributed by atoms with Crippen molar-refractivity contribution < 1.29 is 9.47 Å². The number of H-pyrrole nitrogens is 1. The molecule has 1 aromatic heterocycles. The van der Waals surface area contributed by atoms with Gasteiger partial charge >= 0.3 is 0 Å². The van der Waals surface area contributed by atoms with Gasteiger partial charge in [-0.3, -0.25) is 5.10 Å². The molecule has 0 saturated heterocycles. The molecule has 0 aliphatic carbocycles. The van der Waals surface area contributed by atoms with E-state index in [0.29, 0.717) is 6.61 Å². The van der Waals surface area contributed by atoms with Gasteiger partial charge in [0.15, 0.2) is 0 Å². The molecule has 0 aliphatic heterocycles. The Balaban J connectivity index is 2.05. The molecule has 20 heavy (non-hydrogen) atoms. The standard InChI is InChI=1S/C15H21N3O2/c1-11(16-7-12-8-17-18-9-12)13-4-5-15(20-3)14(6-13)10-19-2/h4-6,8-9,11,16H,7,10H2,1-3H3,(H,17,18). The van der Waals surface area contributed by atoms with E-state index < -0.39 is 0 Å². The van der Waals surface area contributed by atoms with E-state index in [4.69, 9.17) is 9.47 Å². The molecule has 0 bridgehead atoms. The molecule has 0 aliphatic rings. The predicted octanol–water partition coefficient (Wildman–Crippen LogP) is 2.42. The summed E-state index contributed by atoms with van der Waals surface area (Å²) in [6.07, 6.45) is 3.72. The monoisotopic (exact) mass is 275 g/mol. The summed E-state index contributed by atoms with van der Waals surface area (Å²) < 4.78 is 10.5. The first kappa shape index (κ1) is 14.6. The van der Waals surface area contributed by atoms with Gasteiger partial charge in [0.1, 0.15) is 5.75 Å². The molecule has 1 atom stereocenters. The van der Waals surface area contributed by atoms with Crippen LogP contribution in [0.15, 0.2) is 30.6 Å². The Kier molecular flexibility index (Phi) is 5.15. The number of rotatable bonds is 7. The zero-order valence-corrected chi connectivity index (χ0v) is 12.1. The van der Waals surface area contributed by atoms with Gasteiger partial charge in [-0.15, -0.1) is 0 Å². The van der Waals surface area contributed by atoms with Crippen LogP contribution in [0, 0.1) is 0 Å². The number of aromatic amines is 1. The lowest BCUT2D eigenvalue weighted by Crippen LogP contribution is -2.18. The van der Waals surface area contributed by atoms with E-state index in [-0.39, 0.29) is 6.04 Å². The quantitative estimate of drug-likeness (QED) is 0.814. The van der Waals surface area contributed by atoms with Crippen molar-refractivity contribution >= 4 is 0 Å². The summed E-state index contributed by atoms with van der Waals surface area (Å²) in [4.78, 5) is 0. The second-order valence-corrected chi connectivity index (χ2v) is 4.71. The number of hydrogen-bond donors (Lipinski definition) is 2. The molecule has 0 saturated carbocycles. The Labute approximate surface area is 119 Å². The minimum absolute atomic E-state index is 0.242. The topological polar surface area (TPSA) is 59.2 Å². The maximum Gasteiger partial charge on any atom is 0.124 e. The molecule has 0 radical (unpaired) electrons. The fourth-order valence-corrected chi connectivity index (χ4v) is 2.10. The average molecular weight is 275 g/mol. The second kappa shape index (κ2) is 7.07. The molecule has 0 spiro atoms. The van der Waals surface area contributed by atoms with E-state index in [1.54, 1.807) is 14.2 Å². The van der Waals surface area contributed by atoms with Crippen LogP contribution in [-0.4, -0.2) is 24.4 Å². The maximum atomic E-state index is 5.34. The first-order valence-corrected chi connectivity index (χ1v) is 6.61. The molecule has 2 N–H and O–H groups in total. The highest BCUT2D eigenvalue weighted by atomic mass is 16.5. The van der Waals surface area contributed by atoms with Crippen molar-refractivity contribution in [2.24, 2.45) is 0 Å². The van der Waals surface area contributed by atoms with Crippen LogP contribution >= 0.6 is 0 Å². The first-order valence-electron chi connectivity index (χ1n) is 6.61. The van der Waals surface area contributed by atoms with E-state index >= 15 is 0 Å². The zero-order valence-electron chi connectivity index (χ0n) is 12.1. The third kappa shape index (κ3) is 3.59. The molecule has 0 fully saturated rings. The van der Waals surface area contributed by atoms with Crippen LogP contribution in [0.2, 0.25) is 0 Å². The molecule has 1 aromatic carbocycles. The third-order valence-corrected chi connectivity index (χ3v) is 3.27. The number of nitrogens with zero attached hydrogens (tertiary/aromatic N) is 1. The fraction of sp³-hybridized carbons (Fsp3) is 0.400. The van der Waals surface area contributed by atoms with Gasteiger partial charge in [-0.05, 0) is 24.6 Å². The van der Waals surface area contributed by atoms with Gasteiger partial charge in [0.25, 0.3) is 0 Å². The largest absolute Gasteiger partial charge is 0.496 e. The number of nitrogens with one attached hydrogen (secondary N) is 2. The third-order valence-electron chi connectivity index (χ3n) is 3.27. The molecule has 2 aromatic rings. The molecular weight excluding hydrogens is 254 g/mol. The van der Waals surface area contributed by atoms with Crippen LogP contribution in [-0.2, 0) is 17.9 Å². The van der Waals surface area contributed by atoms with Crippen molar-refractivity contribution in [2.45, 2.75) is 26.1 Å². The number of methoxy groups -OCH3 is 2. The van der Waals surface area contributed by atoms with Crippen LogP contribution in [0.25, 0.3) is 0 Å². The van der Waals surface area contributed by atoms with Crippen LogP contribution in [0.1, 0.15) is 29.7 Å². The molecule has 0 amide bonds. The Morgan fingerprint density at radius 3 is 2.85 bits per heavy atom. The van der Waals surface area contributed by atoms with Crippen LogP contribution in [0.4, 0.5) is 0 Å². The first-order chi connectivity index (χ1) is 9.74. The smallest absolute Gasteiger partial charge is 0.124 e. The molecule has 2 rings (SSSR count). The lowest BCUT2D eigenvalue weighted by molar-refractivity contribution is 0.181. The lowest BCUT2D eigenvalue weighted by Gasteiger charge is -2.16. The van der Waals surface area contributed by atoms with Crippen LogP contribution in [0.5, 0.6) is 5.75 Å². The SMILES string of the molecule is COCc1cc(C(C)NCc2cn[nH]c2)ccc1OC. The van der Waals surface area contributed by atoms with Crippen molar-refractivity contribution in [3.8, 4) is 5.75 Å². The highest BCUT2D eigenvalue weighted by molar-refractivity contribution is 5.38. The van der Waals surface area contributed by atoms with Gasteiger partial charge in [0.05, 0.1) is 19.9 Å². The summed E-state index contributed by atoms with van der Waals surface area (Å²) in [7, 11) is 3.36. The molecule has 108 valence electrons. The van der Waals surface area contributed by atoms with Crippen molar-refractivity contribution in [1.82, 2.24) is 15.5 Å². The van der Waals surface area contributed by atoms with Crippen molar-refractivity contribution in [3.63, 3.8) is 0 Å².